The molecule has 2 heterocycles. The molecule has 1 aromatic rings. The summed E-state index contributed by atoms with van der Waals surface area (Å²) in [7, 11) is 0. The monoisotopic (exact) mass is 240 g/mol. The first-order chi connectivity index (χ1) is 8.24. The number of hydrogen-bond donors (Lipinski definition) is 0. The summed E-state index contributed by atoms with van der Waals surface area (Å²) in [5, 5.41) is 4.30. The summed E-state index contributed by atoms with van der Waals surface area (Å²) in [5.41, 5.74) is 1.22. The van der Waals surface area contributed by atoms with Gasteiger partial charge in [0, 0.05) is 12.0 Å². The van der Waals surface area contributed by atoms with Crippen LogP contribution >= 0.6 is 0 Å². The average molecular weight is 240 g/mol. The van der Waals surface area contributed by atoms with Crippen LogP contribution < -0.4 is 4.74 Å². The van der Waals surface area contributed by atoms with Gasteiger partial charge in [-0.1, -0.05) is 41.0 Å². The van der Waals surface area contributed by atoms with Crippen LogP contribution in [0.2, 0.25) is 0 Å². The quantitative estimate of drug-likeness (QED) is 0.734. The van der Waals surface area contributed by atoms with E-state index < -0.39 is 0 Å². The minimum atomic E-state index is 0.494. The summed E-state index contributed by atoms with van der Waals surface area (Å²) in [6.45, 7) is 13.4. The predicted octanol–water partition coefficient (Wildman–Crippen LogP) is 4.23. The van der Waals surface area contributed by atoms with Crippen molar-refractivity contribution < 1.29 is 4.74 Å². The Morgan fingerprint density at radius 1 is 1.35 bits per heavy atom. The summed E-state index contributed by atoms with van der Waals surface area (Å²) in [5.74, 6) is 0.983. The normalized spacial score (nSPS) is 16.7. The van der Waals surface area contributed by atoms with Crippen molar-refractivity contribution >= 4 is 0 Å². The molecule has 0 bridgehead atoms. The highest BCUT2D eigenvalue weighted by Gasteiger charge is 2.20. The Hall–Kier alpha value is -0.990. The smallest absolute Gasteiger partial charge is 0.215 e. The molecule has 3 heteroatoms. The molecule has 2 rings (SSSR count). The highest BCUT2D eigenvalue weighted by Crippen LogP contribution is 2.28. The van der Waals surface area contributed by atoms with E-state index in [1.165, 1.54) is 12.0 Å². The lowest BCUT2D eigenvalue weighted by Gasteiger charge is -2.22. The molecule has 0 radical (unpaired) electrons. The molecule has 0 amide bonds. The Labute approximate surface area is 106 Å². The summed E-state index contributed by atoms with van der Waals surface area (Å²) < 4.78 is 7.54. The van der Waals surface area contributed by atoms with Crippen LogP contribution in [0.4, 0.5) is 0 Å². The molecule has 0 N–H and O–H groups in total. The molecule has 1 atom stereocenters. The first-order valence-electron chi connectivity index (χ1n) is 6.93. The van der Waals surface area contributed by atoms with Gasteiger partial charge in [0.25, 0.3) is 0 Å². The topological polar surface area (TPSA) is 27.1 Å². The van der Waals surface area contributed by atoms with Crippen molar-refractivity contribution in [2.24, 2.45) is 0 Å². The van der Waals surface area contributed by atoms with Crippen LogP contribution in [0.1, 0.15) is 66.0 Å². The molecule has 1 aliphatic rings. The van der Waals surface area contributed by atoms with Crippen LogP contribution in [0.3, 0.4) is 0 Å². The van der Waals surface area contributed by atoms with Crippen LogP contribution in [-0.4, -0.2) is 16.4 Å². The maximum absolute atomic E-state index is 5.56. The molecule has 0 spiro atoms. The summed E-state index contributed by atoms with van der Waals surface area (Å²) in [6.07, 6.45) is 5.23. The second kappa shape index (κ2) is 9.08. The minimum Gasteiger partial charge on any atom is -0.478 e. The molecule has 0 saturated carbocycles. The van der Waals surface area contributed by atoms with Gasteiger partial charge < -0.3 is 4.74 Å². The first kappa shape index (κ1) is 16.0. The molecule has 0 saturated heterocycles. The highest BCUT2D eigenvalue weighted by atomic mass is 16.5. The number of rotatable bonds is 1. The maximum atomic E-state index is 5.56. The summed E-state index contributed by atoms with van der Waals surface area (Å²) >= 11 is 0. The van der Waals surface area contributed by atoms with Crippen LogP contribution in [0.25, 0.3) is 0 Å². The third-order valence-electron chi connectivity index (χ3n) is 2.39. The zero-order valence-corrected chi connectivity index (χ0v) is 12.3. The van der Waals surface area contributed by atoms with Crippen LogP contribution in [-0.2, 0) is 6.42 Å². The molecular formula is C14H28N2O. The van der Waals surface area contributed by atoms with E-state index in [2.05, 4.69) is 32.8 Å². The van der Waals surface area contributed by atoms with Crippen LogP contribution in [0.15, 0.2) is 6.20 Å². The van der Waals surface area contributed by atoms with E-state index in [1.807, 2.05) is 24.7 Å². The lowest BCUT2D eigenvalue weighted by Crippen LogP contribution is -2.19. The number of nitrogens with zero attached hydrogens (tertiary/aromatic N) is 2. The average Bonchev–Trinajstić information content (AvgIpc) is 2.77. The fraction of sp³-hybridized carbons (Fsp3) is 0.786. The molecule has 1 aliphatic heterocycles. The zero-order valence-electron chi connectivity index (χ0n) is 12.3. The molecule has 100 valence electrons. The van der Waals surface area contributed by atoms with Gasteiger partial charge in [0.2, 0.25) is 5.88 Å². The number of hydrogen-bond acceptors (Lipinski definition) is 2. The Morgan fingerprint density at radius 2 is 1.94 bits per heavy atom. The summed E-state index contributed by atoms with van der Waals surface area (Å²) in [6, 6.07) is 0.494. The number of fused-ring (bicyclic) bond motifs is 1. The second-order valence-corrected chi connectivity index (χ2v) is 3.97. The Morgan fingerprint density at radius 3 is 2.47 bits per heavy atom. The fourth-order valence-electron chi connectivity index (χ4n) is 1.55. The van der Waals surface area contributed by atoms with E-state index in [9.17, 15) is 0 Å². The van der Waals surface area contributed by atoms with Gasteiger partial charge >= 0.3 is 0 Å². The van der Waals surface area contributed by atoms with E-state index in [1.54, 1.807) is 0 Å². The number of ether oxygens (including phenoxy) is 1. The lowest BCUT2D eigenvalue weighted by atomic mass is 10.2. The van der Waals surface area contributed by atoms with Crippen molar-refractivity contribution in [3.63, 3.8) is 0 Å². The van der Waals surface area contributed by atoms with Gasteiger partial charge in [-0.3, -0.25) is 0 Å². The molecule has 0 aliphatic carbocycles. The van der Waals surface area contributed by atoms with Gasteiger partial charge in [-0.15, -0.1) is 0 Å². The maximum Gasteiger partial charge on any atom is 0.215 e. The van der Waals surface area contributed by atoms with Gasteiger partial charge in [0.1, 0.15) is 0 Å². The van der Waals surface area contributed by atoms with E-state index in [4.69, 9.17) is 4.74 Å². The van der Waals surface area contributed by atoms with Crippen molar-refractivity contribution in [1.82, 2.24) is 9.78 Å². The number of aromatic nitrogens is 2. The van der Waals surface area contributed by atoms with Gasteiger partial charge in [-0.05, 0) is 13.3 Å². The van der Waals surface area contributed by atoms with Crippen molar-refractivity contribution in [2.75, 3.05) is 6.61 Å². The van der Waals surface area contributed by atoms with Crippen LogP contribution in [0.5, 0.6) is 5.88 Å². The van der Waals surface area contributed by atoms with E-state index in [0.717, 1.165) is 25.3 Å². The molecular weight excluding hydrogens is 212 g/mol. The van der Waals surface area contributed by atoms with E-state index >= 15 is 0 Å². The van der Waals surface area contributed by atoms with E-state index in [0.29, 0.717) is 6.04 Å². The van der Waals surface area contributed by atoms with Crippen LogP contribution in [0, 0.1) is 0 Å². The SMILES string of the molecule is CC.CCC.CCc1cnn2c1OCCC2C. The Kier molecular flexibility index (Phi) is 8.55. The van der Waals surface area contributed by atoms with Gasteiger partial charge in [0.15, 0.2) is 0 Å². The third-order valence-corrected chi connectivity index (χ3v) is 2.39. The highest BCUT2D eigenvalue weighted by molar-refractivity contribution is 5.25. The third kappa shape index (κ3) is 4.41. The lowest BCUT2D eigenvalue weighted by molar-refractivity contribution is 0.199. The van der Waals surface area contributed by atoms with Crippen molar-refractivity contribution in [1.29, 1.82) is 0 Å². The van der Waals surface area contributed by atoms with Crippen molar-refractivity contribution in [3.8, 4) is 5.88 Å². The molecule has 17 heavy (non-hydrogen) atoms. The standard InChI is InChI=1S/C9H14N2O.C3H8.C2H6/c1-3-8-6-10-11-7(2)4-5-12-9(8)11;1-3-2;1-2/h6-7H,3-5H2,1-2H3;3H2,1-2H3;1-2H3. The van der Waals surface area contributed by atoms with E-state index in [-0.39, 0.29) is 0 Å². The Balaban J connectivity index is 0.000000450. The summed E-state index contributed by atoms with van der Waals surface area (Å²) in [4.78, 5) is 0. The molecule has 0 fully saturated rings. The Bertz CT molecular complexity index is 294. The second-order valence-electron chi connectivity index (χ2n) is 3.97. The molecule has 0 aromatic carbocycles. The van der Waals surface area contributed by atoms with Gasteiger partial charge in [-0.2, -0.15) is 5.10 Å². The van der Waals surface area contributed by atoms with Gasteiger partial charge in [-0.25, -0.2) is 4.68 Å². The first-order valence-corrected chi connectivity index (χ1v) is 6.93. The van der Waals surface area contributed by atoms with Crippen molar-refractivity contribution in [2.45, 2.75) is 66.8 Å². The predicted molar refractivity (Wildman–Crippen MR) is 73.7 cm³/mol. The molecule has 3 nitrogen and oxygen atoms in total. The minimum absolute atomic E-state index is 0.494. The van der Waals surface area contributed by atoms with Gasteiger partial charge in [0.05, 0.1) is 18.8 Å². The number of aryl methyl sites for hydroxylation is 1. The van der Waals surface area contributed by atoms with Crippen molar-refractivity contribution in [3.05, 3.63) is 11.8 Å². The molecule has 1 aromatic heterocycles. The fourth-order valence-corrected chi connectivity index (χ4v) is 1.55. The largest absolute Gasteiger partial charge is 0.478 e. The molecule has 1 unspecified atom stereocenters. The zero-order chi connectivity index (χ0) is 13.3.